The maximum absolute atomic E-state index is 8.01. The highest BCUT2D eigenvalue weighted by Gasteiger charge is 1.94. The van der Waals surface area contributed by atoms with Crippen molar-refractivity contribution in [1.29, 1.82) is 0 Å². The molecular weight excluding hydrogens is 201 g/mol. The van der Waals surface area contributed by atoms with E-state index in [1.165, 1.54) is 11.0 Å². The largest absolute Gasteiger partial charge is 0.434 e. The average Bonchev–Trinajstić information content (AvgIpc) is 2.28. The molecular formula is C11H18BN3O. The predicted molar refractivity (Wildman–Crippen MR) is 69.5 cm³/mol. The maximum Gasteiger partial charge on any atom is 0.138 e. The number of hydrogen-bond acceptors (Lipinski definition) is 2. The quantitative estimate of drug-likeness (QED) is 0.123. The van der Waals surface area contributed by atoms with Crippen LogP contribution in [-0.4, -0.2) is 14.5 Å². The van der Waals surface area contributed by atoms with E-state index < -0.39 is 0 Å². The van der Waals surface area contributed by atoms with Gasteiger partial charge in [-0.1, -0.05) is 29.8 Å². The molecule has 0 atom stereocenters. The van der Waals surface area contributed by atoms with Crippen LogP contribution in [-0.2, 0) is 4.84 Å². The van der Waals surface area contributed by atoms with Crippen LogP contribution in [0.1, 0.15) is 26.7 Å². The standard InChI is InChI=1S/C11H18BN3O/c1-3-6-10(9-11(12)4-2)7-5-8-16-15-14-13/h3-4,6,9H,5,7-8,12H2,1-2H3/b6-3-,10-9+,11-4+. The molecule has 0 bridgehead atoms. The Balaban J connectivity index is 4.14. The molecule has 0 aliphatic rings. The first-order valence-corrected chi connectivity index (χ1v) is 5.37. The number of rotatable bonds is 7. The molecule has 0 aromatic carbocycles. The first-order chi connectivity index (χ1) is 7.74. The average molecular weight is 219 g/mol. The molecule has 0 amide bonds. The van der Waals surface area contributed by atoms with Gasteiger partial charge in [0.15, 0.2) is 0 Å². The Morgan fingerprint density at radius 1 is 1.50 bits per heavy atom. The van der Waals surface area contributed by atoms with Crippen LogP contribution >= 0.6 is 0 Å². The highest BCUT2D eigenvalue weighted by molar-refractivity contribution is 6.23. The summed E-state index contributed by atoms with van der Waals surface area (Å²) in [5.74, 6) is 0. The van der Waals surface area contributed by atoms with Gasteiger partial charge >= 0.3 is 0 Å². The molecule has 0 aromatic rings. The van der Waals surface area contributed by atoms with Crippen molar-refractivity contribution in [2.45, 2.75) is 26.7 Å². The maximum atomic E-state index is 8.01. The first kappa shape index (κ1) is 14.4. The number of allylic oxidation sites excluding steroid dienone is 6. The van der Waals surface area contributed by atoms with Crippen molar-refractivity contribution in [1.82, 2.24) is 0 Å². The molecule has 0 rings (SSSR count). The minimum absolute atomic E-state index is 0.452. The summed E-state index contributed by atoms with van der Waals surface area (Å²) in [5, 5.41) is 3.02. The molecule has 86 valence electrons. The van der Waals surface area contributed by atoms with Gasteiger partial charge in [0.05, 0.1) is 6.61 Å². The zero-order valence-corrected chi connectivity index (χ0v) is 10.2. The van der Waals surface area contributed by atoms with Crippen molar-refractivity contribution < 1.29 is 4.84 Å². The zero-order chi connectivity index (χ0) is 12.2. The van der Waals surface area contributed by atoms with E-state index in [4.69, 9.17) is 5.53 Å². The van der Waals surface area contributed by atoms with Crippen LogP contribution in [0.3, 0.4) is 0 Å². The van der Waals surface area contributed by atoms with Gasteiger partial charge in [-0.2, -0.15) is 0 Å². The zero-order valence-electron chi connectivity index (χ0n) is 10.2. The molecule has 0 aliphatic heterocycles. The van der Waals surface area contributed by atoms with Gasteiger partial charge < -0.3 is 4.84 Å². The van der Waals surface area contributed by atoms with Gasteiger partial charge in [0, 0.05) is 4.91 Å². The second-order valence-corrected chi connectivity index (χ2v) is 3.36. The van der Waals surface area contributed by atoms with Crippen molar-refractivity contribution >= 4 is 7.85 Å². The molecule has 0 unspecified atom stereocenters. The van der Waals surface area contributed by atoms with Crippen LogP contribution in [0.15, 0.2) is 40.6 Å². The molecule has 0 fully saturated rings. The molecule has 0 N–H and O–H groups in total. The Kier molecular flexibility index (Phi) is 8.94. The molecule has 0 aromatic heterocycles. The Morgan fingerprint density at radius 2 is 2.25 bits per heavy atom. The van der Waals surface area contributed by atoms with E-state index in [0.717, 1.165) is 12.8 Å². The van der Waals surface area contributed by atoms with Gasteiger partial charge in [0.2, 0.25) is 0 Å². The Hall–Kier alpha value is -1.61. The highest BCUT2D eigenvalue weighted by Crippen LogP contribution is 2.10. The van der Waals surface area contributed by atoms with E-state index in [1.807, 2.05) is 19.9 Å². The summed E-state index contributed by atoms with van der Waals surface area (Å²) in [4.78, 5) is 7.20. The van der Waals surface area contributed by atoms with E-state index in [2.05, 4.69) is 41.1 Å². The van der Waals surface area contributed by atoms with Gasteiger partial charge in [0.1, 0.15) is 13.1 Å². The van der Waals surface area contributed by atoms with Crippen molar-refractivity contribution in [3.05, 3.63) is 45.8 Å². The lowest BCUT2D eigenvalue weighted by Crippen LogP contribution is -1.89. The van der Waals surface area contributed by atoms with Crippen LogP contribution in [0.2, 0.25) is 0 Å². The predicted octanol–water partition coefficient (Wildman–Crippen LogP) is 3.05. The number of hydrogen-bond donors (Lipinski definition) is 0. The summed E-state index contributed by atoms with van der Waals surface area (Å²) >= 11 is 0. The molecule has 0 saturated heterocycles. The fourth-order valence-electron chi connectivity index (χ4n) is 1.20. The minimum atomic E-state index is 0.452. The van der Waals surface area contributed by atoms with Crippen LogP contribution in [0.4, 0.5) is 0 Å². The summed E-state index contributed by atoms with van der Waals surface area (Å²) in [7, 11) is 2.07. The van der Waals surface area contributed by atoms with E-state index in [1.54, 1.807) is 0 Å². The fraction of sp³-hybridized carbons (Fsp3) is 0.455. The van der Waals surface area contributed by atoms with Gasteiger partial charge in [0.25, 0.3) is 0 Å². The Labute approximate surface area is 97.7 Å². The molecule has 16 heavy (non-hydrogen) atoms. The lowest BCUT2D eigenvalue weighted by atomic mass is 9.92. The third-order valence-corrected chi connectivity index (χ3v) is 2.04. The van der Waals surface area contributed by atoms with E-state index >= 15 is 0 Å². The molecule has 4 nitrogen and oxygen atoms in total. The van der Waals surface area contributed by atoms with Crippen LogP contribution in [0, 0.1) is 0 Å². The lowest BCUT2D eigenvalue weighted by molar-refractivity contribution is 0.136. The summed E-state index contributed by atoms with van der Waals surface area (Å²) in [6.07, 6.45) is 10.1. The summed E-state index contributed by atoms with van der Waals surface area (Å²) in [6.45, 7) is 4.47. The third kappa shape index (κ3) is 7.77. The van der Waals surface area contributed by atoms with Crippen molar-refractivity contribution in [3.63, 3.8) is 0 Å². The minimum Gasteiger partial charge on any atom is -0.434 e. The molecule has 0 spiro atoms. The van der Waals surface area contributed by atoms with Crippen molar-refractivity contribution in [3.8, 4) is 0 Å². The van der Waals surface area contributed by atoms with Gasteiger partial charge in [-0.15, -0.1) is 0 Å². The molecule has 0 aliphatic carbocycles. The van der Waals surface area contributed by atoms with E-state index in [0.29, 0.717) is 6.61 Å². The lowest BCUT2D eigenvalue weighted by Gasteiger charge is -2.02. The normalized spacial score (nSPS) is 12.6. The summed E-state index contributed by atoms with van der Waals surface area (Å²) in [6, 6.07) is 0. The van der Waals surface area contributed by atoms with Crippen molar-refractivity contribution in [2.75, 3.05) is 6.61 Å². The molecule has 0 radical (unpaired) electrons. The van der Waals surface area contributed by atoms with Gasteiger partial charge in [-0.25, -0.2) is 0 Å². The number of nitrogens with zero attached hydrogens (tertiary/aromatic N) is 3. The summed E-state index contributed by atoms with van der Waals surface area (Å²) in [5.41, 5.74) is 10.5. The van der Waals surface area contributed by atoms with Crippen molar-refractivity contribution in [2.24, 2.45) is 5.28 Å². The fourth-order valence-corrected chi connectivity index (χ4v) is 1.20. The van der Waals surface area contributed by atoms with E-state index in [9.17, 15) is 0 Å². The monoisotopic (exact) mass is 219 g/mol. The second kappa shape index (κ2) is 9.93. The van der Waals surface area contributed by atoms with Crippen LogP contribution in [0.5, 0.6) is 0 Å². The van der Waals surface area contributed by atoms with Crippen LogP contribution in [0.25, 0.3) is 10.4 Å². The molecule has 0 saturated carbocycles. The molecule has 0 heterocycles. The molecule has 5 heteroatoms. The summed E-state index contributed by atoms with van der Waals surface area (Å²) < 4.78 is 0. The highest BCUT2D eigenvalue weighted by atomic mass is 16.6. The van der Waals surface area contributed by atoms with Crippen LogP contribution < -0.4 is 0 Å². The van der Waals surface area contributed by atoms with Gasteiger partial charge in [-0.3, -0.25) is 0 Å². The van der Waals surface area contributed by atoms with E-state index in [-0.39, 0.29) is 0 Å². The Morgan fingerprint density at radius 3 is 2.81 bits per heavy atom. The van der Waals surface area contributed by atoms with Gasteiger partial charge in [-0.05, 0) is 37.8 Å². The topological polar surface area (TPSA) is 58.0 Å². The SMILES string of the molecule is BC(=C/C)/C=C(\C=C/C)CCCON=[N+]=[N-]. The smallest absolute Gasteiger partial charge is 0.138 e. The third-order valence-electron chi connectivity index (χ3n) is 2.04. The number of azide groups is 1. The second-order valence-electron chi connectivity index (χ2n) is 3.36. The Bertz CT molecular complexity index is 328. The first-order valence-electron chi connectivity index (χ1n) is 5.37.